The summed E-state index contributed by atoms with van der Waals surface area (Å²) >= 11 is 0. The van der Waals surface area contributed by atoms with Crippen LogP contribution in [0.25, 0.3) is 5.70 Å². The number of allylic oxidation sites excluding steroid dienone is 2. The van der Waals surface area contributed by atoms with E-state index in [-0.39, 0.29) is 12.6 Å². The minimum atomic E-state index is -0.375. The Balaban J connectivity index is 1.45. The van der Waals surface area contributed by atoms with Crippen LogP contribution in [0.2, 0.25) is 0 Å². The predicted octanol–water partition coefficient (Wildman–Crippen LogP) is 4.15. The van der Waals surface area contributed by atoms with Crippen LogP contribution < -0.4 is 0 Å². The summed E-state index contributed by atoms with van der Waals surface area (Å²) in [5.41, 5.74) is 2.97. The summed E-state index contributed by atoms with van der Waals surface area (Å²) in [4.78, 5) is 16.5. The van der Waals surface area contributed by atoms with Gasteiger partial charge in [-0.3, -0.25) is 0 Å². The topological polar surface area (TPSA) is 44.1 Å². The lowest BCUT2D eigenvalue weighted by Gasteiger charge is -2.56. The van der Waals surface area contributed by atoms with Gasteiger partial charge in [0.25, 0.3) is 0 Å². The van der Waals surface area contributed by atoms with E-state index < -0.39 is 0 Å². The summed E-state index contributed by atoms with van der Waals surface area (Å²) in [6.07, 6.45) is 8.19. The Bertz CT molecular complexity index is 789. The van der Waals surface area contributed by atoms with Gasteiger partial charge in [-0.05, 0) is 29.7 Å². The molecule has 0 radical (unpaired) electrons. The molecule has 3 aliphatic carbocycles. The van der Waals surface area contributed by atoms with Gasteiger partial charge in [0.1, 0.15) is 6.61 Å². The maximum absolute atomic E-state index is 12.2. The first-order chi connectivity index (χ1) is 11.6. The van der Waals surface area contributed by atoms with Gasteiger partial charge in [0.05, 0.1) is 6.33 Å². The zero-order valence-corrected chi connectivity index (χ0v) is 14.1. The fourth-order valence-electron chi connectivity index (χ4n) is 3.97. The van der Waals surface area contributed by atoms with Crippen molar-refractivity contribution in [3.8, 4) is 0 Å². The van der Waals surface area contributed by atoms with Crippen LogP contribution in [0.5, 0.6) is 0 Å². The van der Waals surface area contributed by atoms with Gasteiger partial charge < -0.3 is 9.30 Å². The maximum atomic E-state index is 12.2. The molecule has 2 bridgehead atoms. The molecular formula is C20H22N2O2. The Morgan fingerprint density at radius 1 is 1.33 bits per heavy atom. The number of imidazole rings is 1. The third-order valence-corrected chi connectivity index (χ3v) is 5.74. The number of rotatable bonds is 4. The molecule has 2 aromatic rings. The lowest BCUT2D eigenvalue weighted by atomic mass is 9.50. The number of aromatic nitrogens is 2. The number of hydrogen-bond acceptors (Lipinski definition) is 3. The number of benzene rings is 1. The number of nitrogens with zero attached hydrogens (tertiary/aromatic N) is 2. The number of carbonyl (C=O) groups excluding carboxylic acids is 1. The lowest BCUT2D eigenvalue weighted by molar-refractivity contribution is 0.00744. The molecule has 0 amide bonds. The van der Waals surface area contributed by atoms with E-state index in [1.165, 1.54) is 12.1 Å². The molecule has 1 aromatic carbocycles. The average Bonchev–Trinajstić information content (AvgIpc) is 3.10. The van der Waals surface area contributed by atoms with Gasteiger partial charge in [0, 0.05) is 17.8 Å². The van der Waals surface area contributed by atoms with Gasteiger partial charge in [-0.25, -0.2) is 9.78 Å². The van der Waals surface area contributed by atoms with Crippen LogP contribution in [-0.2, 0) is 11.3 Å². The molecule has 4 heteroatoms. The smallest absolute Gasteiger partial charge is 0.358 e. The molecule has 4 nitrogen and oxygen atoms in total. The van der Waals surface area contributed by atoms with Gasteiger partial charge in [-0.15, -0.1) is 0 Å². The molecule has 0 spiro atoms. The minimum absolute atomic E-state index is 0.270. The molecule has 0 aliphatic heterocycles. The van der Waals surface area contributed by atoms with E-state index in [0.29, 0.717) is 17.0 Å². The molecule has 2 atom stereocenters. The fraction of sp³-hybridized carbons (Fsp3) is 0.400. The van der Waals surface area contributed by atoms with E-state index in [2.05, 4.69) is 24.9 Å². The second-order valence-electron chi connectivity index (χ2n) is 7.40. The summed E-state index contributed by atoms with van der Waals surface area (Å²) in [5.74, 6) is 0.975. The highest BCUT2D eigenvalue weighted by atomic mass is 16.5. The van der Waals surface area contributed by atoms with Crippen LogP contribution in [0.1, 0.15) is 42.7 Å². The predicted molar refractivity (Wildman–Crippen MR) is 92.1 cm³/mol. The van der Waals surface area contributed by atoms with E-state index in [0.717, 1.165) is 17.9 Å². The van der Waals surface area contributed by atoms with Gasteiger partial charge >= 0.3 is 5.97 Å². The molecule has 1 aromatic heterocycles. The first-order valence-corrected chi connectivity index (χ1v) is 8.51. The first kappa shape index (κ1) is 15.2. The number of esters is 1. The summed E-state index contributed by atoms with van der Waals surface area (Å²) in [6.45, 7) is 4.95. The quantitative estimate of drug-likeness (QED) is 0.794. The average molecular weight is 322 g/mol. The van der Waals surface area contributed by atoms with Crippen molar-refractivity contribution in [1.82, 2.24) is 9.55 Å². The maximum Gasteiger partial charge on any atom is 0.358 e. The van der Waals surface area contributed by atoms with Crippen molar-refractivity contribution in [2.24, 2.45) is 17.3 Å². The van der Waals surface area contributed by atoms with Crippen molar-refractivity contribution in [3.63, 3.8) is 0 Å². The third kappa shape index (κ3) is 2.46. The fourth-order valence-corrected chi connectivity index (χ4v) is 3.97. The van der Waals surface area contributed by atoms with Crippen molar-refractivity contribution in [3.05, 3.63) is 60.2 Å². The summed E-state index contributed by atoms with van der Waals surface area (Å²) in [6, 6.07) is 9.68. The van der Waals surface area contributed by atoms with Gasteiger partial charge in [-0.2, -0.15) is 0 Å². The Hall–Kier alpha value is -2.36. The Kier molecular flexibility index (Phi) is 3.56. The lowest BCUT2D eigenvalue weighted by Crippen LogP contribution is -2.48. The largest absolute Gasteiger partial charge is 0.456 e. The molecule has 5 rings (SSSR count). The monoisotopic (exact) mass is 322 g/mol. The standard InChI is InChI=1S/C20H22N2O2/c1-20(2)15-8-9-18(16(20)10-15)22-11-17(21-13-22)19(23)24-12-14-6-4-3-5-7-14/h3-7,9,11,13,15-16H,8,10,12H2,1-2H3. The number of carbonyl (C=O) groups is 1. The van der Waals surface area contributed by atoms with Crippen molar-refractivity contribution < 1.29 is 9.53 Å². The number of hydrogen-bond donors (Lipinski definition) is 0. The van der Waals surface area contributed by atoms with Crippen LogP contribution in [0.4, 0.5) is 0 Å². The molecule has 2 unspecified atom stereocenters. The van der Waals surface area contributed by atoms with Crippen molar-refractivity contribution in [1.29, 1.82) is 0 Å². The normalized spacial score (nSPS) is 24.0. The van der Waals surface area contributed by atoms with E-state index >= 15 is 0 Å². The Morgan fingerprint density at radius 3 is 2.83 bits per heavy atom. The Labute approximate surface area is 142 Å². The minimum Gasteiger partial charge on any atom is -0.456 e. The van der Waals surface area contributed by atoms with Crippen molar-refractivity contribution in [2.75, 3.05) is 0 Å². The molecule has 24 heavy (non-hydrogen) atoms. The first-order valence-electron chi connectivity index (χ1n) is 8.51. The molecule has 0 saturated heterocycles. The summed E-state index contributed by atoms with van der Waals surface area (Å²) < 4.78 is 7.36. The molecule has 0 N–H and O–H groups in total. The molecule has 1 heterocycles. The van der Waals surface area contributed by atoms with Crippen LogP contribution in [0, 0.1) is 17.3 Å². The number of fused-ring (bicyclic) bond motifs is 1. The Morgan fingerprint density at radius 2 is 2.12 bits per heavy atom. The van der Waals surface area contributed by atoms with Crippen LogP contribution in [-0.4, -0.2) is 15.5 Å². The highest BCUT2D eigenvalue weighted by Gasteiger charge is 2.51. The molecular weight excluding hydrogens is 300 g/mol. The summed E-state index contributed by atoms with van der Waals surface area (Å²) in [5, 5.41) is 0. The highest BCUT2D eigenvalue weighted by Crippen LogP contribution is 2.60. The second-order valence-corrected chi connectivity index (χ2v) is 7.40. The van der Waals surface area contributed by atoms with Crippen LogP contribution in [0.3, 0.4) is 0 Å². The zero-order chi connectivity index (χ0) is 16.7. The third-order valence-electron chi connectivity index (χ3n) is 5.74. The van der Waals surface area contributed by atoms with Crippen molar-refractivity contribution in [2.45, 2.75) is 33.3 Å². The van der Waals surface area contributed by atoms with Gasteiger partial charge in [-0.1, -0.05) is 50.3 Å². The SMILES string of the molecule is CC1(C)C2CC=C(n3cnc(C(=O)OCc4ccccc4)c3)C1C2. The van der Waals surface area contributed by atoms with E-state index in [9.17, 15) is 4.79 Å². The zero-order valence-electron chi connectivity index (χ0n) is 14.1. The molecule has 1 saturated carbocycles. The van der Waals surface area contributed by atoms with Crippen LogP contribution >= 0.6 is 0 Å². The number of ether oxygens (including phenoxy) is 1. The van der Waals surface area contributed by atoms with E-state index in [1.807, 2.05) is 34.9 Å². The van der Waals surface area contributed by atoms with E-state index in [1.54, 1.807) is 12.5 Å². The van der Waals surface area contributed by atoms with E-state index in [4.69, 9.17) is 4.74 Å². The molecule has 124 valence electrons. The van der Waals surface area contributed by atoms with Crippen LogP contribution in [0.15, 0.2) is 48.9 Å². The second kappa shape index (κ2) is 5.62. The molecule has 3 aliphatic rings. The summed E-state index contributed by atoms with van der Waals surface area (Å²) in [7, 11) is 0. The van der Waals surface area contributed by atoms with Gasteiger partial charge in [0.15, 0.2) is 5.69 Å². The van der Waals surface area contributed by atoms with Crippen molar-refractivity contribution >= 4 is 11.7 Å². The van der Waals surface area contributed by atoms with Gasteiger partial charge in [0.2, 0.25) is 0 Å². The highest BCUT2D eigenvalue weighted by molar-refractivity contribution is 5.87. The molecule has 1 fully saturated rings.